The van der Waals surface area contributed by atoms with E-state index >= 15 is 0 Å². The van der Waals surface area contributed by atoms with Crippen molar-refractivity contribution < 1.29 is 31.9 Å². The normalized spacial score (nSPS) is 18.6. The third kappa shape index (κ3) is 4.74. The van der Waals surface area contributed by atoms with Crippen LogP contribution < -0.4 is 10.1 Å². The number of carbonyl (C=O) groups excluding carboxylic acids is 2. The minimum atomic E-state index is -4.62. The van der Waals surface area contributed by atoms with Crippen LogP contribution in [-0.2, 0) is 17.5 Å². The summed E-state index contributed by atoms with van der Waals surface area (Å²) in [6.45, 7) is -0.0341. The second kappa shape index (κ2) is 9.16. The van der Waals surface area contributed by atoms with Crippen molar-refractivity contribution in [3.8, 4) is 17.1 Å². The number of carbonyl (C=O) groups is 2. The summed E-state index contributed by atoms with van der Waals surface area (Å²) in [7, 11) is 1.40. The molecule has 1 saturated carbocycles. The van der Waals surface area contributed by atoms with Crippen LogP contribution >= 0.6 is 0 Å². The van der Waals surface area contributed by atoms with Gasteiger partial charge >= 0.3 is 6.18 Å². The van der Waals surface area contributed by atoms with Crippen molar-refractivity contribution in [2.75, 3.05) is 13.7 Å². The van der Waals surface area contributed by atoms with Crippen LogP contribution in [0, 0.1) is 11.7 Å². The maximum Gasteiger partial charge on any atom is 0.435 e. The molecule has 3 aromatic heterocycles. The molecule has 2 aliphatic rings. The molecule has 2 amide bonds. The van der Waals surface area contributed by atoms with E-state index in [0.29, 0.717) is 32.2 Å². The van der Waals surface area contributed by atoms with E-state index in [1.165, 1.54) is 19.2 Å². The molecule has 196 valence electrons. The lowest BCUT2D eigenvalue weighted by atomic mass is 9.88. The topological polar surface area (TPSA) is 129 Å². The van der Waals surface area contributed by atoms with Gasteiger partial charge in [-0.3, -0.25) is 14.7 Å². The lowest BCUT2D eigenvalue weighted by Gasteiger charge is -2.39. The maximum absolute atomic E-state index is 14.3. The van der Waals surface area contributed by atoms with Gasteiger partial charge in [0, 0.05) is 29.6 Å². The van der Waals surface area contributed by atoms with E-state index in [4.69, 9.17) is 4.74 Å². The Labute approximate surface area is 207 Å². The third-order valence-electron chi connectivity index (χ3n) is 6.89. The average molecular weight is 521 g/mol. The second-order valence-corrected chi connectivity index (χ2v) is 9.19. The quantitative estimate of drug-likeness (QED) is 0.428. The van der Waals surface area contributed by atoms with Gasteiger partial charge < -0.3 is 19.9 Å². The molecule has 5 rings (SSSR count). The van der Waals surface area contributed by atoms with Crippen LogP contribution in [0.3, 0.4) is 0 Å². The summed E-state index contributed by atoms with van der Waals surface area (Å²) in [4.78, 5) is 37.3. The van der Waals surface area contributed by atoms with Gasteiger partial charge in [-0.05, 0) is 31.7 Å². The first kappa shape index (κ1) is 24.7. The summed E-state index contributed by atoms with van der Waals surface area (Å²) in [6.07, 6.45) is -0.505. The van der Waals surface area contributed by atoms with E-state index in [2.05, 4.69) is 30.5 Å². The summed E-state index contributed by atoms with van der Waals surface area (Å²) < 4.78 is 58.3. The number of aromatic nitrogens is 5. The largest absolute Gasteiger partial charge is 0.481 e. The highest BCUT2D eigenvalue weighted by atomic mass is 19.4. The molecule has 1 saturated heterocycles. The van der Waals surface area contributed by atoms with Crippen molar-refractivity contribution in [1.82, 2.24) is 35.4 Å². The average Bonchev–Trinajstić information content (AvgIpc) is 3.27. The van der Waals surface area contributed by atoms with Gasteiger partial charge in [-0.15, -0.1) is 0 Å². The van der Waals surface area contributed by atoms with Crippen molar-refractivity contribution in [2.24, 2.45) is 5.92 Å². The summed E-state index contributed by atoms with van der Waals surface area (Å²) in [5, 5.41) is 9.31. The molecule has 0 radical (unpaired) electrons. The molecule has 1 aliphatic carbocycles. The van der Waals surface area contributed by atoms with Gasteiger partial charge in [0.15, 0.2) is 11.5 Å². The molecule has 1 spiro atoms. The minimum absolute atomic E-state index is 0.129. The van der Waals surface area contributed by atoms with E-state index < -0.39 is 29.1 Å². The Morgan fingerprint density at radius 2 is 2.05 bits per heavy atom. The molecule has 3 aromatic rings. The fourth-order valence-electron chi connectivity index (χ4n) is 4.81. The van der Waals surface area contributed by atoms with Crippen LogP contribution in [0.5, 0.6) is 5.88 Å². The van der Waals surface area contributed by atoms with Gasteiger partial charge in [0.1, 0.15) is 5.69 Å². The second-order valence-electron chi connectivity index (χ2n) is 9.19. The molecule has 0 aromatic carbocycles. The first-order valence-electron chi connectivity index (χ1n) is 11.6. The molecule has 14 heteroatoms. The number of aromatic amines is 2. The number of nitrogens with zero attached hydrogens (tertiary/aromatic N) is 4. The molecule has 2 fully saturated rings. The Morgan fingerprint density at radius 1 is 1.27 bits per heavy atom. The van der Waals surface area contributed by atoms with Gasteiger partial charge in [0.2, 0.25) is 11.8 Å². The number of H-pyrrole nitrogens is 2. The molecule has 37 heavy (non-hydrogen) atoms. The minimum Gasteiger partial charge on any atom is -0.481 e. The van der Waals surface area contributed by atoms with Crippen LogP contribution in [-0.4, -0.2) is 61.1 Å². The Bertz CT molecular complexity index is 1330. The van der Waals surface area contributed by atoms with Gasteiger partial charge in [-0.2, -0.15) is 18.3 Å². The Balaban J connectivity index is 1.24. The zero-order valence-corrected chi connectivity index (χ0v) is 19.7. The number of imidazole rings is 1. The molecule has 10 nitrogen and oxygen atoms in total. The molecule has 1 aliphatic heterocycles. The number of ether oxygens (including phenoxy) is 1. The zero-order valence-electron chi connectivity index (χ0n) is 19.7. The fraction of sp³-hybridized carbons (Fsp3) is 0.435. The molecule has 3 N–H and O–H groups in total. The van der Waals surface area contributed by atoms with E-state index in [9.17, 15) is 27.2 Å². The highest BCUT2D eigenvalue weighted by Crippen LogP contribution is 2.50. The Kier molecular flexibility index (Phi) is 6.12. The van der Waals surface area contributed by atoms with Gasteiger partial charge in [0.25, 0.3) is 5.91 Å². The van der Waals surface area contributed by atoms with E-state index in [-0.39, 0.29) is 46.9 Å². The van der Waals surface area contributed by atoms with Crippen molar-refractivity contribution in [2.45, 2.75) is 43.9 Å². The number of piperidine rings is 1. The van der Waals surface area contributed by atoms with Crippen molar-refractivity contribution in [3.05, 3.63) is 47.6 Å². The molecule has 0 bridgehead atoms. The molecule has 0 unspecified atom stereocenters. The number of hydrogen-bond acceptors (Lipinski definition) is 6. The van der Waals surface area contributed by atoms with Gasteiger partial charge in [-0.25, -0.2) is 14.4 Å². The number of methoxy groups -OCH3 is 1. The first-order chi connectivity index (χ1) is 17.6. The zero-order chi connectivity index (χ0) is 26.4. The summed E-state index contributed by atoms with van der Waals surface area (Å²) in [5.74, 6) is -1.55. The predicted octanol–water partition coefficient (Wildman–Crippen LogP) is 3.06. The van der Waals surface area contributed by atoms with Crippen LogP contribution in [0.4, 0.5) is 17.6 Å². The smallest absolute Gasteiger partial charge is 0.435 e. The molecule has 1 atom stereocenters. The number of alkyl halides is 3. The first-order valence-corrected chi connectivity index (χ1v) is 11.6. The van der Waals surface area contributed by atoms with Crippen LogP contribution in [0.2, 0.25) is 0 Å². The van der Waals surface area contributed by atoms with Crippen LogP contribution in [0.25, 0.3) is 11.3 Å². The monoisotopic (exact) mass is 521 g/mol. The SMILES string of the molecule is COc1cc(-c2cc(C(=O)N3CC[C@H](C(=O)NCc4[nH]cnc4C(F)(F)F)CC34CC4)[nH]n2)c(F)cn1. The lowest BCUT2D eigenvalue weighted by molar-refractivity contribution is -0.142. The number of pyridine rings is 1. The Hall–Kier alpha value is -3.97. The number of rotatable bonds is 6. The lowest BCUT2D eigenvalue weighted by Crippen LogP contribution is -2.50. The summed E-state index contributed by atoms with van der Waals surface area (Å²) in [6, 6.07) is 2.84. The van der Waals surface area contributed by atoms with Crippen LogP contribution in [0.15, 0.2) is 24.7 Å². The standard InChI is InChI=1S/C23H23F4N7O3/c1-37-18-6-13(14(24)9-28-18)15-7-16(33-32-15)21(36)34-5-2-12(8-22(34)3-4-22)20(35)29-10-17-19(23(25,26)27)31-11-30-17/h6-7,9,11-12H,2-5,8,10H2,1H3,(H,29,35)(H,30,31)(H,32,33)/t12-/m0/s1. The maximum atomic E-state index is 14.3. The summed E-state index contributed by atoms with van der Waals surface area (Å²) in [5.41, 5.74) is -1.25. The van der Waals surface area contributed by atoms with Crippen molar-refractivity contribution in [3.63, 3.8) is 0 Å². The van der Waals surface area contributed by atoms with E-state index in [1.807, 2.05) is 0 Å². The molecular formula is C23H23F4N7O3. The summed E-state index contributed by atoms with van der Waals surface area (Å²) >= 11 is 0. The van der Waals surface area contributed by atoms with E-state index in [0.717, 1.165) is 12.5 Å². The van der Waals surface area contributed by atoms with E-state index in [1.54, 1.807) is 4.90 Å². The van der Waals surface area contributed by atoms with Crippen molar-refractivity contribution >= 4 is 11.8 Å². The van der Waals surface area contributed by atoms with Gasteiger partial charge in [-0.1, -0.05) is 0 Å². The number of halogens is 4. The Morgan fingerprint density at radius 3 is 2.76 bits per heavy atom. The highest BCUT2D eigenvalue weighted by Gasteiger charge is 2.54. The number of likely N-dealkylation sites (tertiary alicyclic amines) is 1. The number of nitrogens with one attached hydrogen (secondary N) is 3. The molecule has 4 heterocycles. The van der Waals surface area contributed by atoms with Gasteiger partial charge in [0.05, 0.1) is 37.6 Å². The predicted molar refractivity (Wildman–Crippen MR) is 119 cm³/mol. The number of amides is 2. The van der Waals surface area contributed by atoms with Crippen LogP contribution in [0.1, 0.15) is 47.6 Å². The third-order valence-corrected chi connectivity index (χ3v) is 6.89. The van der Waals surface area contributed by atoms with Crippen molar-refractivity contribution in [1.29, 1.82) is 0 Å². The molecular weight excluding hydrogens is 498 g/mol. The highest BCUT2D eigenvalue weighted by molar-refractivity contribution is 5.94. The number of hydrogen-bond donors (Lipinski definition) is 3. The fourth-order valence-corrected chi connectivity index (χ4v) is 4.81.